The quantitative estimate of drug-likeness (QED) is 0.778. The molecule has 3 nitrogen and oxygen atoms in total. The van der Waals surface area contributed by atoms with E-state index in [9.17, 15) is 9.90 Å². The lowest BCUT2D eigenvalue weighted by Crippen LogP contribution is -2.26. The van der Waals surface area contributed by atoms with E-state index in [4.69, 9.17) is 4.74 Å². The van der Waals surface area contributed by atoms with Crippen molar-refractivity contribution in [3.05, 3.63) is 69.3 Å². The van der Waals surface area contributed by atoms with Gasteiger partial charge in [0, 0.05) is 9.99 Å². The lowest BCUT2D eigenvalue weighted by atomic mass is 10.1. The zero-order chi connectivity index (χ0) is 14.4. The van der Waals surface area contributed by atoms with Crippen LogP contribution in [0.5, 0.6) is 0 Å². The zero-order valence-electron chi connectivity index (χ0n) is 10.8. The lowest BCUT2D eigenvalue weighted by Gasteiger charge is -2.14. The van der Waals surface area contributed by atoms with Gasteiger partial charge in [0.15, 0.2) is 6.10 Å². The molecule has 2 aromatic rings. The maximum Gasteiger partial charge on any atom is 0.333 e. The molecule has 0 aliphatic heterocycles. The molecule has 1 unspecified atom stereocenters. The molecule has 0 saturated carbocycles. The molecule has 1 atom stereocenters. The first kappa shape index (κ1) is 15.0. The average molecular weight is 382 g/mol. The van der Waals surface area contributed by atoms with E-state index >= 15 is 0 Å². The fourth-order valence-electron chi connectivity index (χ4n) is 1.82. The molecule has 0 fully saturated rings. The highest BCUT2D eigenvalue weighted by atomic mass is 127. The van der Waals surface area contributed by atoms with Crippen LogP contribution in [0.1, 0.15) is 11.1 Å². The Morgan fingerprint density at radius 1 is 1.05 bits per heavy atom. The number of halogens is 1. The van der Waals surface area contributed by atoms with Gasteiger partial charge in [-0.05, 0) is 45.9 Å². The third-order valence-electron chi connectivity index (χ3n) is 2.90. The van der Waals surface area contributed by atoms with Crippen LogP contribution in [0.15, 0.2) is 54.6 Å². The van der Waals surface area contributed by atoms with Crippen molar-refractivity contribution in [2.75, 3.05) is 0 Å². The molecule has 4 heteroatoms. The van der Waals surface area contributed by atoms with Crippen molar-refractivity contribution in [3.63, 3.8) is 0 Å². The Hall–Kier alpha value is -1.40. The van der Waals surface area contributed by atoms with Gasteiger partial charge in [-0.1, -0.05) is 42.5 Å². The normalized spacial score (nSPS) is 12.1. The van der Waals surface area contributed by atoms with Crippen LogP contribution in [0.25, 0.3) is 0 Å². The molecule has 0 amide bonds. The van der Waals surface area contributed by atoms with Gasteiger partial charge in [-0.25, -0.2) is 4.79 Å². The predicted molar refractivity (Wildman–Crippen MR) is 85.5 cm³/mol. The Balaban J connectivity index is 1.97. The van der Waals surface area contributed by atoms with Gasteiger partial charge < -0.3 is 9.84 Å². The van der Waals surface area contributed by atoms with Crippen LogP contribution in [0.4, 0.5) is 0 Å². The Morgan fingerprint density at radius 2 is 1.70 bits per heavy atom. The molecule has 0 aliphatic rings. The minimum absolute atomic E-state index is 0.308. The summed E-state index contributed by atoms with van der Waals surface area (Å²) in [5, 5.41) is 9.24. The Labute approximate surface area is 131 Å². The van der Waals surface area contributed by atoms with E-state index < -0.39 is 12.1 Å². The topological polar surface area (TPSA) is 46.5 Å². The van der Waals surface area contributed by atoms with E-state index in [0.29, 0.717) is 13.0 Å². The van der Waals surface area contributed by atoms with E-state index in [1.807, 2.05) is 54.6 Å². The SMILES string of the molecule is O=C(O)C(Cc1ccc(I)cc1)OCc1ccccc1. The van der Waals surface area contributed by atoms with Crippen LogP contribution < -0.4 is 0 Å². The summed E-state index contributed by atoms with van der Waals surface area (Å²) >= 11 is 2.22. The molecule has 20 heavy (non-hydrogen) atoms. The largest absolute Gasteiger partial charge is 0.479 e. The van der Waals surface area contributed by atoms with Gasteiger partial charge in [-0.2, -0.15) is 0 Å². The van der Waals surface area contributed by atoms with Gasteiger partial charge in [0.2, 0.25) is 0 Å². The Morgan fingerprint density at radius 3 is 2.30 bits per heavy atom. The minimum atomic E-state index is -0.931. The number of carboxylic acids is 1. The van der Waals surface area contributed by atoms with Crippen LogP contribution >= 0.6 is 22.6 Å². The highest BCUT2D eigenvalue weighted by molar-refractivity contribution is 14.1. The maximum atomic E-state index is 11.3. The van der Waals surface area contributed by atoms with E-state index in [0.717, 1.165) is 14.7 Å². The number of carbonyl (C=O) groups is 1. The fraction of sp³-hybridized carbons (Fsp3) is 0.188. The molecule has 0 aliphatic carbocycles. The number of hydrogen-bond acceptors (Lipinski definition) is 2. The first-order valence-corrected chi connectivity index (χ1v) is 7.36. The Bertz CT molecular complexity index is 552. The number of rotatable bonds is 6. The summed E-state index contributed by atoms with van der Waals surface area (Å²) in [6.45, 7) is 0.308. The molecular weight excluding hydrogens is 367 g/mol. The molecule has 0 radical (unpaired) electrons. The summed E-state index contributed by atoms with van der Waals surface area (Å²) in [6.07, 6.45) is -0.450. The van der Waals surface area contributed by atoms with Crippen LogP contribution in [0.2, 0.25) is 0 Å². The summed E-state index contributed by atoms with van der Waals surface area (Å²) in [5.74, 6) is -0.931. The third kappa shape index (κ3) is 4.61. The van der Waals surface area contributed by atoms with Crippen molar-refractivity contribution < 1.29 is 14.6 Å². The summed E-state index contributed by atoms with van der Waals surface area (Å²) < 4.78 is 6.65. The number of aliphatic carboxylic acids is 1. The second kappa shape index (κ2) is 7.40. The Kier molecular flexibility index (Phi) is 5.55. The molecule has 0 bridgehead atoms. The zero-order valence-corrected chi connectivity index (χ0v) is 13.0. The van der Waals surface area contributed by atoms with Crippen molar-refractivity contribution in [2.45, 2.75) is 19.1 Å². The van der Waals surface area contributed by atoms with Gasteiger partial charge in [0.05, 0.1) is 6.61 Å². The molecule has 0 heterocycles. The fourth-order valence-corrected chi connectivity index (χ4v) is 2.18. The van der Waals surface area contributed by atoms with Gasteiger partial charge in [-0.3, -0.25) is 0 Å². The number of hydrogen-bond donors (Lipinski definition) is 1. The smallest absolute Gasteiger partial charge is 0.333 e. The predicted octanol–water partition coefficient (Wildman–Crippen LogP) is 3.50. The van der Waals surface area contributed by atoms with Crippen LogP contribution in [0.3, 0.4) is 0 Å². The van der Waals surface area contributed by atoms with Gasteiger partial charge in [-0.15, -0.1) is 0 Å². The lowest BCUT2D eigenvalue weighted by molar-refractivity contribution is -0.151. The molecular formula is C16H15IO3. The summed E-state index contributed by atoms with van der Waals surface area (Å²) in [5.41, 5.74) is 1.94. The second-order valence-corrected chi connectivity index (χ2v) is 5.70. The molecule has 104 valence electrons. The first-order valence-electron chi connectivity index (χ1n) is 6.28. The first-order chi connectivity index (χ1) is 9.65. The minimum Gasteiger partial charge on any atom is -0.479 e. The van der Waals surface area contributed by atoms with Crippen molar-refractivity contribution in [3.8, 4) is 0 Å². The van der Waals surface area contributed by atoms with E-state index in [1.165, 1.54) is 0 Å². The van der Waals surface area contributed by atoms with E-state index in [2.05, 4.69) is 22.6 Å². The summed E-state index contributed by atoms with van der Waals surface area (Å²) in [4.78, 5) is 11.3. The number of ether oxygens (including phenoxy) is 1. The molecule has 2 rings (SSSR count). The van der Waals surface area contributed by atoms with Crippen molar-refractivity contribution in [2.24, 2.45) is 0 Å². The molecule has 0 spiro atoms. The second-order valence-electron chi connectivity index (χ2n) is 4.45. The van der Waals surface area contributed by atoms with Crippen molar-refractivity contribution in [1.29, 1.82) is 0 Å². The molecule has 1 N–H and O–H groups in total. The number of benzene rings is 2. The summed E-state index contributed by atoms with van der Waals surface area (Å²) in [7, 11) is 0. The third-order valence-corrected chi connectivity index (χ3v) is 3.62. The molecule has 2 aromatic carbocycles. The molecule has 0 aromatic heterocycles. The van der Waals surface area contributed by atoms with Crippen molar-refractivity contribution >= 4 is 28.6 Å². The van der Waals surface area contributed by atoms with E-state index in [-0.39, 0.29) is 0 Å². The standard InChI is InChI=1S/C16H15IO3/c17-14-8-6-12(7-9-14)10-15(16(18)19)20-11-13-4-2-1-3-5-13/h1-9,15H,10-11H2,(H,18,19). The highest BCUT2D eigenvalue weighted by Crippen LogP contribution is 2.12. The van der Waals surface area contributed by atoms with Gasteiger partial charge in [0.1, 0.15) is 0 Å². The van der Waals surface area contributed by atoms with Crippen LogP contribution in [-0.2, 0) is 22.6 Å². The van der Waals surface area contributed by atoms with Crippen molar-refractivity contribution in [1.82, 2.24) is 0 Å². The van der Waals surface area contributed by atoms with E-state index in [1.54, 1.807) is 0 Å². The maximum absolute atomic E-state index is 11.3. The summed E-state index contributed by atoms with van der Waals surface area (Å²) in [6, 6.07) is 17.4. The van der Waals surface area contributed by atoms with Gasteiger partial charge in [0.25, 0.3) is 0 Å². The van der Waals surface area contributed by atoms with Crippen LogP contribution in [-0.4, -0.2) is 17.2 Å². The van der Waals surface area contributed by atoms with Crippen LogP contribution in [0, 0.1) is 3.57 Å². The monoisotopic (exact) mass is 382 g/mol. The average Bonchev–Trinajstić information content (AvgIpc) is 2.46. The molecule has 0 saturated heterocycles. The van der Waals surface area contributed by atoms with Gasteiger partial charge >= 0.3 is 5.97 Å². The number of carboxylic acid groups (broad SMARTS) is 1. The highest BCUT2D eigenvalue weighted by Gasteiger charge is 2.18.